The van der Waals surface area contributed by atoms with Crippen LogP contribution in [0.3, 0.4) is 0 Å². The molecule has 19 heavy (non-hydrogen) atoms. The zero-order chi connectivity index (χ0) is 14.5. The van der Waals surface area contributed by atoms with Crippen molar-refractivity contribution in [2.24, 2.45) is 0 Å². The van der Waals surface area contributed by atoms with E-state index in [0.29, 0.717) is 12.5 Å². The van der Waals surface area contributed by atoms with Crippen LogP contribution in [-0.2, 0) is 5.41 Å². The fourth-order valence-electron chi connectivity index (χ4n) is 1.53. The summed E-state index contributed by atoms with van der Waals surface area (Å²) in [6.45, 7) is 15.4. The topological polar surface area (TPSA) is 47.0 Å². The minimum absolute atomic E-state index is 0.108. The summed E-state index contributed by atoms with van der Waals surface area (Å²) in [5, 5.41) is 3.33. The van der Waals surface area contributed by atoms with Crippen LogP contribution in [-0.4, -0.2) is 23.1 Å². The highest BCUT2D eigenvalue weighted by Crippen LogP contribution is 2.27. The van der Waals surface area contributed by atoms with Gasteiger partial charge < -0.3 is 10.1 Å². The Hall–Kier alpha value is -1.58. The van der Waals surface area contributed by atoms with E-state index >= 15 is 0 Å². The van der Waals surface area contributed by atoms with Crippen molar-refractivity contribution in [3.05, 3.63) is 24.0 Å². The summed E-state index contributed by atoms with van der Waals surface area (Å²) in [4.78, 5) is 9.15. The van der Waals surface area contributed by atoms with Gasteiger partial charge in [0.15, 0.2) is 0 Å². The van der Waals surface area contributed by atoms with Gasteiger partial charge in [0, 0.05) is 12.0 Å². The Kier molecular flexibility index (Phi) is 5.33. The lowest BCUT2D eigenvalue weighted by molar-refractivity contribution is 0.340. The Morgan fingerprint density at radius 2 is 2.00 bits per heavy atom. The van der Waals surface area contributed by atoms with Crippen LogP contribution >= 0.6 is 0 Å². The molecule has 1 heterocycles. The molecule has 0 unspecified atom stereocenters. The molecule has 106 valence electrons. The van der Waals surface area contributed by atoms with Gasteiger partial charge >= 0.3 is 0 Å². The molecule has 0 spiro atoms. The van der Waals surface area contributed by atoms with E-state index in [1.165, 1.54) is 0 Å². The second kappa shape index (κ2) is 6.55. The summed E-state index contributed by atoms with van der Waals surface area (Å²) in [5.41, 5.74) is 0.839. The minimum atomic E-state index is -0.108. The number of aromatic nitrogens is 2. The molecule has 0 aliphatic rings. The lowest BCUT2D eigenvalue weighted by Gasteiger charge is -2.20. The van der Waals surface area contributed by atoms with Crippen LogP contribution < -0.4 is 10.1 Å². The van der Waals surface area contributed by atoms with Gasteiger partial charge in [-0.15, -0.1) is 0 Å². The first kappa shape index (κ1) is 15.5. The van der Waals surface area contributed by atoms with Gasteiger partial charge in [-0.25, -0.2) is 4.98 Å². The Morgan fingerprint density at radius 3 is 2.53 bits per heavy atom. The Labute approximate surface area is 116 Å². The highest BCUT2D eigenvalue weighted by Gasteiger charge is 2.21. The van der Waals surface area contributed by atoms with Gasteiger partial charge in [-0.3, -0.25) is 0 Å². The molecule has 0 atom stereocenters. The number of nitrogens with one attached hydrogen (secondary N) is 1. The Morgan fingerprint density at radius 1 is 1.32 bits per heavy atom. The van der Waals surface area contributed by atoms with Crippen molar-refractivity contribution in [1.29, 1.82) is 0 Å². The van der Waals surface area contributed by atoms with E-state index in [-0.39, 0.29) is 5.41 Å². The van der Waals surface area contributed by atoms with Gasteiger partial charge in [-0.05, 0) is 13.3 Å². The summed E-state index contributed by atoms with van der Waals surface area (Å²) < 4.78 is 5.63. The Balaban J connectivity index is 3.17. The molecule has 4 nitrogen and oxygen atoms in total. The lowest BCUT2D eigenvalue weighted by atomic mass is 9.95. The minimum Gasteiger partial charge on any atom is -0.473 e. The molecule has 4 heteroatoms. The largest absolute Gasteiger partial charge is 0.473 e. The number of anilines is 1. The molecule has 0 saturated heterocycles. The maximum Gasteiger partial charge on any atom is 0.222 e. The van der Waals surface area contributed by atoms with Crippen molar-refractivity contribution < 1.29 is 4.74 Å². The molecule has 0 saturated carbocycles. The molecule has 0 aromatic carbocycles. The van der Waals surface area contributed by atoms with Gasteiger partial charge in [0.1, 0.15) is 18.2 Å². The van der Waals surface area contributed by atoms with Crippen LogP contribution in [0, 0.1) is 6.92 Å². The second-order valence-corrected chi connectivity index (χ2v) is 5.60. The first-order valence-corrected chi connectivity index (χ1v) is 6.76. The van der Waals surface area contributed by atoms with Crippen LogP contribution in [0.1, 0.15) is 45.5 Å². The molecule has 1 aromatic rings. The molecule has 0 aliphatic carbocycles. The van der Waals surface area contributed by atoms with Gasteiger partial charge in [0.25, 0.3) is 0 Å². The SMILES string of the molecule is C=CCOc1nc(C(C)(C)C)nc(NCCC)c1C. The van der Waals surface area contributed by atoms with Crippen molar-refractivity contribution in [3.8, 4) is 5.88 Å². The normalized spacial score (nSPS) is 11.2. The maximum atomic E-state index is 5.63. The smallest absolute Gasteiger partial charge is 0.222 e. The predicted molar refractivity (Wildman–Crippen MR) is 79.9 cm³/mol. The van der Waals surface area contributed by atoms with E-state index in [4.69, 9.17) is 4.74 Å². The van der Waals surface area contributed by atoms with Crippen LogP contribution in [0.5, 0.6) is 5.88 Å². The maximum absolute atomic E-state index is 5.63. The molecule has 0 amide bonds. The molecule has 1 N–H and O–H groups in total. The quantitative estimate of drug-likeness (QED) is 0.798. The van der Waals surface area contributed by atoms with Crippen LogP contribution in [0.2, 0.25) is 0 Å². The van der Waals surface area contributed by atoms with Crippen LogP contribution in [0.25, 0.3) is 0 Å². The number of rotatable bonds is 6. The van der Waals surface area contributed by atoms with Gasteiger partial charge in [0.05, 0.1) is 5.56 Å². The van der Waals surface area contributed by atoms with Crippen molar-refractivity contribution >= 4 is 5.82 Å². The summed E-state index contributed by atoms with van der Waals surface area (Å²) in [6.07, 6.45) is 2.77. The number of hydrogen-bond donors (Lipinski definition) is 1. The average molecular weight is 263 g/mol. The van der Waals surface area contributed by atoms with E-state index in [2.05, 4.69) is 49.6 Å². The summed E-state index contributed by atoms with van der Waals surface area (Å²) in [5.74, 6) is 2.29. The fraction of sp³-hybridized carbons (Fsp3) is 0.600. The molecule has 1 rings (SSSR count). The number of nitrogens with zero attached hydrogens (tertiary/aromatic N) is 2. The summed E-state index contributed by atoms with van der Waals surface area (Å²) >= 11 is 0. The summed E-state index contributed by atoms with van der Waals surface area (Å²) in [6, 6.07) is 0. The molecule has 0 fully saturated rings. The highest BCUT2D eigenvalue weighted by atomic mass is 16.5. The highest BCUT2D eigenvalue weighted by molar-refractivity contribution is 5.49. The third-order valence-electron chi connectivity index (χ3n) is 2.65. The first-order chi connectivity index (χ1) is 8.90. The number of hydrogen-bond acceptors (Lipinski definition) is 4. The third-order valence-corrected chi connectivity index (χ3v) is 2.65. The van der Waals surface area contributed by atoms with E-state index in [9.17, 15) is 0 Å². The molecular formula is C15H25N3O. The van der Waals surface area contributed by atoms with Crippen molar-refractivity contribution in [2.45, 2.75) is 46.5 Å². The number of ether oxygens (including phenoxy) is 1. The zero-order valence-corrected chi connectivity index (χ0v) is 12.7. The predicted octanol–water partition coefficient (Wildman–Crippen LogP) is 3.47. The molecule has 0 bridgehead atoms. The van der Waals surface area contributed by atoms with E-state index in [0.717, 1.165) is 30.2 Å². The molecular weight excluding hydrogens is 238 g/mol. The van der Waals surface area contributed by atoms with Crippen molar-refractivity contribution in [3.63, 3.8) is 0 Å². The van der Waals surface area contributed by atoms with Crippen LogP contribution in [0.15, 0.2) is 12.7 Å². The first-order valence-electron chi connectivity index (χ1n) is 6.76. The average Bonchev–Trinajstić information content (AvgIpc) is 2.34. The van der Waals surface area contributed by atoms with E-state index in [1.807, 2.05) is 6.92 Å². The molecule has 0 radical (unpaired) electrons. The lowest BCUT2D eigenvalue weighted by Crippen LogP contribution is -2.19. The monoisotopic (exact) mass is 263 g/mol. The van der Waals surface area contributed by atoms with Gasteiger partial charge in [-0.2, -0.15) is 4.98 Å². The van der Waals surface area contributed by atoms with Crippen molar-refractivity contribution in [1.82, 2.24) is 9.97 Å². The zero-order valence-electron chi connectivity index (χ0n) is 12.7. The van der Waals surface area contributed by atoms with Gasteiger partial charge in [-0.1, -0.05) is 40.3 Å². The van der Waals surface area contributed by atoms with E-state index in [1.54, 1.807) is 6.08 Å². The van der Waals surface area contributed by atoms with Crippen molar-refractivity contribution in [2.75, 3.05) is 18.5 Å². The third kappa shape index (κ3) is 4.23. The molecule has 0 aliphatic heterocycles. The summed E-state index contributed by atoms with van der Waals surface area (Å²) in [7, 11) is 0. The molecule has 1 aromatic heterocycles. The van der Waals surface area contributed by atoms with E-state index < -0.39 is 0 Å². The standard InChI is InChI=1S/C15H25N3O/c1-7-9-16-12-11(3)13(19-10-8-2)18-14(17-12)15(4,5)6/h8H,2,7,9-10H2,1,3-6H3,(H,16,17,18). The fourth-order valence-corrected chi connectivity index (χ4v) is 1.53. The van der Waals surface area contributed by atoms with Crippen LogP contribution in [0.4, 0.5) is 5.82 Å². The second-order valence-electron chi connectivity index (χ2n) is 5.60. The van der Waals surface area contributed by atoms with Gasteiger partial charge in [0.2, 0.25) is 5.88 Å². The Bertz CT molecular complexity index is 436.